The van der Waals surface area contributed by atoms with Gasteiger partial charge in [0.25, 0.3) is 0 Å². The number of nitrogens with two attached hydrogens (primary N) is 1. The first kappa shape index (κ1) is 11.5. The van der Waals surface area contributed by atoms with Gasteiger partial charge in [-0.15, -0.1) is 0 Å². The standard InChI is InChI=1S/C12H22N4/c1-2-11-5-3-7-15(11)8-4-9-16-10-6-12(13)14-16/h6,10-11H,2-5,7-9H2,1H3,(H2,13,14). The minimum absolute atomic E-state index is 0.618. The normalized spacial score (nSPS) is 21.7. The average molecular weight is 222 g/mol. The van der Waals surface area contributed by atoms with Crippen LogP contribution in [-0.4, -0.2) is 33.8 Å². The van der Waals surface area contributed by atoms with Gasteiger partial charge in [-0.3, -0.25) is 4.68 Å². The van der Waals surface area contributed by atoms with Gasteiger partial charge < -0.3 is 10.6 Å². The Labute approximate surface area is 97.4 Å². The van der Waals surface area contributed by atoms with Crippen LogP contribution in [0.25, 0.3) is 0 Å². The molecule has 1 saturated heterocycles. The second-order valence-corrected chi connectivity index (χ2v) is 4.60. The number of likely N-dealkylation sites (tertiary alicyclic amines) is 1. The summed E-state index contributed by atoms with van der Waals surface area (Å²) in [5.41, 5.74) is 5.57. The topological polar surface area (TPSA) is 47.1 Å². The molecule has 1 aromatic rings. The van der Waals surface area contributed by atoms with Crippen LogP contribution in [0.2, 0.25) is 0 Å². The molecule has 0 radical (unpaired) electrons. The van der Waals surface area contributed by atoms with Gasteiger partial charge in [-0.25, -0.2) is 0 Å². The van der Waals surface area contributed by atoms with E-state index in [-0.39, 0.29) is 0 Å². The molecule has 2 N–H and O–H groups in total. The maximum atomic E-state index is 5.57. The van der Waals surface area contributed by atoms with Crippen molar-refractivity contribution < 1.29 is 0 Å². The van der Waals surface area contributed by atoms with Crippen LogP contribution in [0.5, 0.6) is 0 Å². The van der Waals surface area contributed by atoms with Gasteiger partial charge in [0.05, 0.1) is 0 Å². The summed E-state index contributed by atoms with van der Waals surface area (Å²) in [5.74, 6) is 0.618. The molecule has 1 aliphatic rings. The molecule has 0 aromatic carbocycles. The third-order valence-corrected chi connectivity index (χ3v) is 3.46. The highest BCUT2D eigenvalue weighted by molar-refractivity contribution is 5.23. The monoisotopic (exact) mass is 222 g/mol. The Kier molecular flexibility index (Phi) is 3.83. The Hall–Kier alpha value is -1.03. The Morgan fingerprint density at radius 3 is 3.06 bits per heavy atom. The van der Waals surface area contributed by atoms with Crippen LogP contribution in [0, 0.1) is 0 Å². The first-order chi connectivity index (χ1) is 7.79. The lowest BCUT2D eigenvalue weighted by atomic mass is 10.2. The molecule has 4 heteroatoms. The molecule has 0 spiro atoms. The van der Waals surface area contributed by atoms with Gasteiger partial charge >= 0.3 is 0 Å². The highest BCUT2D eigenvalue weighted by Gasteiger charge is 2.21. The van der Waals surface area contributed by atoms with E-state index < -0.39 is 0 Å². The quantitative estimate of drug-likeness (QED) is 0.825. The van der Waals surface area contributed by atoms with Crippen LogP contribution in [0.15, 0.2) is 12.3 Å². The van der Waals surface area contributed by atoms with E-state index in [1.54, 1.807) is 0 Å². The van der Waals surface area contributed by atoms with E-state index in [0.29, 0.717) is 5.82 Å². The van der Waals surface area contributed by atoms with Crippen molar-refractivity contribution in [3.05, 3.63) is 12.3 Å². The van der Waals surface area contributed by atoms with Crippen molar-refractivity contribution in [3.8, 4) is 0 Å². The minimum atomic E-state index is 0.618. The fraction of sp³-hybridized carbons (Fsp3) is 0.750. The van der Waals surface area contributed by atoms with Gasteiger partial charge in [-0.05, 0) is 38.3 Å². The van der Waals surface area contributed by atoms with Crippen LogP contribution in [0.3, 0.4) is 0 Å². The van der Waals surface area contributed by atoms with E-state index in [4.69, 9.17) is 5.73 Å². The molecule has 0 saturated carbocycles. The molecule has 1 unspecified atom stereocenters. The van der Waals surface area contributed by atoms with Gasteiger partial charge in [0, 0.05) is 25.3 Å². The summed E-state index contributed by atoms with van der Waals surface area (Å²) < 4.78 is 1.94. The Balaban J connectivity index is 1.71. The predicted molar refractivity (Wildman–Crippen MR) is 66.1 cm³/mol. The van der Waals surface area contributed by atoms with E-state index in [1.165, 1.54) is 32.4 Å². The van der Waals surface area contributed by atoms with Gasteiger partial charge in [0.1, 0.15) is 5.82 Å². The molecule has 1 aliphatic heterocycles. The molecule has 16 heavy (non-hydrogen) atoms. The number of rotatable bonds is 5. The van der Waals surface area contributed by atoms with Crippen molar-refractivity contribution in [3.63, 3.8) is 0 Å². The molecule has 0 amide bonds. The second-order valence-electron chi connectivity index (χ2n) is 4.60. The van der Waals surface area contributed by atoms with Crippen molar-refractivity contribution in [1.82, 2.24) is 14.7 Å². The highest BCUT2D eigenvalue weighted by Crippen LogP contribution is 2.19. The van der Waals surface area contributed by atoms with E-state index in [9.17, 15) is 0 Å². The molecule has 0 bridgehead atoms. The lowest BCUT2D eigenvalue weighted by Crippen LogP contribution is -2.30. The Morgan fingerprint density at radius 2 is 2.38 bits per heavy atom. The number of hydrogen-bond acceptors (Lipinski definition) is 3. The van der Waals surface area contributed by atoms with Crippen molar-refractivity contribution in [2.45, 2.75) is 45.2 Å². The lowest BCUT2D eigenvalue weighted by Gasteiger charge is -2.22. The number of nitrogens with zero attached hydrogens (tertiary/aromatic N) is 3. The molecule has 1 fully saturated rings. The molecule has 2 heterocycles. The number of aryl methyl sites for hydroxylation is 1. The predicted octanol–water partition coefficient (Wildman–Crippen LogP) is 1.73. The minimum Gasteiger partial charge on any atom is -0.382 e. The Morgan fingerprint density at radius 1 is 1.50 bits per heavy atom. The van der Waals surface area contributed by atoms with Gasteiger partial charge in [0.2, 0.25) is 0 Å². The van der Waals surface area contributed by atoms with Gasteiger partial charge in [-0.2, -0.15) is 5.10 Å². The fourth-order valence-corrected chi connectivity index (χ4v) is 2.59. The van der Waals surface area contributed by atoms with E-state index in [2.05, 4.69) is 16.9 Å². The maximum absolute atomic E-state index is 5.57. The number of nitrogen functional groups attached to an aromatic ring is 1. The molecule has 2 rings (SSSR count). The summed E-state index contributed by atoms with van der Waals surface area (Å²) in [4.78, 5) is 2.62. The number of hydrogen-bond donors (Lipinski definition) is 1. The zero-order chi connectivity index (χ0) is 11.4. The third-order valence-electron chi connectivity index (χ3n) is 3.46. The lowest BCUT2D eigenvalue weighted by molar-refractivity contribution is 0.240. The van der Waals surface area contributed by atoms with E-state index in [0.717, 1.165) is 19.0 Å². The zero-order valence-corrected chi connectivity index (χ0v) is 10.1. The summed E-state index contributed by atoms with van der Waals surface area (Å²) in [6, 6.07) is 2.67. The molecule has 90 valence electrons. The van der Waals surface area contributed by atoms with Crippen molar-refractivity contribution in [2.24, 2.45) is 0 Å². The summed E-state index contributed by atoms with van der Waals surface area (Å²) in [5, 5.41) is 4.19. The molecular formula is C12H22N4. The summed E-state index contributed by atoms with van der Waals surface area (Å²) >= 11 is 0. The van der Waals surface area contributed by atoms with E-state index in [1.807, 2.05) is 16.9 Å². The summed E-state index contributed by atoms with van der Waals surface area (Å²) in [6.45, 7) is 5.74. The van der Waals surface area contributed by atoms with Crippen LogP contribution in [0.4, 0.5) is 5.82 Å². The molecular weight excluding hydrogens is 200 g/mol. The molecule has 4 nitrogen and oxygen atoms in total. The van der Waals surface area contributed by atoms with Crippen molar-refractivity contribution in [1.29, 1.82) is 0 Å². The second kappa shape index (κ2) is 5.34. The SMILES string of the molecule is CCC1CCCN1CCCn1ccc(N)n1. The molecule has 0 aliphatic carbocycles. The smallest absolute Gasteiger partial charge is 0.145 e. The van der Waals surface area contributed by atoms with Crippen LogP contribution in [-0.2, 0) is 6.54 Å². The van der Waals surface area contributed by atoms with Gasteiger partial charge in [0.15, 0.2) is 0 Å². The first-order valence-corrected chi connectivity index (χ1v) is 6.32. The molecule has 1 atom stereocenters. The van der Waals surface area contributed by atoms with Crippen molar-refractivity contribution in [2.75, 3.05) is 18.8 Å². The number of anilines is 1. The average Bonchev–Trinajstić information content (AvgIpc) is 2.87. The van der Waals surface area contributed by atoms with Crippen molar-refractivity contribution >= 4 is 5.82 Å². The maximum Gasteiger partial charge on any atom is 0.145 e. The highest BCUT2D eigenvalue weighted by atomic mass is 15.3. The fourth-order valence-electron chi connectivity index (χ4n) is 2.59. The molecule has 1 aromatic heterocycles. The Bertz CT molecular complexity index is 321. The first-order valence-electron chi connectivity index (χ1n) is 6.32. The van der Waals surface area contributed by atoms with Crippen LogP contribution in [0.1, 0.15) is 32.6 Å². The number of aromatic nitrogens is 2. The largest absolute Gasteiger partial charge is 0.382 e. The van der Waals surface area contributed by atoms with E-state index >= 15 is 0 Å². The summed E-state index contributed by atoms with van der Waals surface area (Å²) in [6.07, 6.45) is 7.15. The van der Waals surface area contributed by atoms with Crippen LogP contribution < -0.4 is 5.73 Å². The van der Waals surface area contributed by atoms with Gasteiger partial charge in [-0.1, -0.05) is 6.92 Å². The zero-order valence-electron chi connectivity index (χ0n) is 10.1. The van der Waals surface area contributed by atoms with Crippen LogP contribution >= 0.6 is 0 Å². The summed E-state index contributed by atoms with van der Waals surface area (Å²) in [7, 11) is 0. The third kappa shape index (κ3) is 2.76.